The van der Waals surface area contributed by atoms with Crippen molar-refractivity contribution >= 4 is 5.69 Å². The molecule has 0 atom stereocenters. The van der Waals surface area contributed by atoms with Crippen molar-refractivity contribution in [3.8, 4) is 11.4 Å². The third-order valence-corrected chi connectivity index (χ3v) is 2.61. The highest BCUT2D eigenvalue weighted by molar-refractivity contribution is 5.70. The molecule has 0 radical (unpaired) electrons. The number of aromatic nitrogens is 4. The van der Waals surface area contributed by atoms with Crippen molar-refractivity contribution in [2.45, 2.75) is 6.54 Å². The molecular formula is C12H17N5O2. The molecular weight excluding hydrogens is 246 g/mol. The second kappa shape index (κ2) is 6.81. The van der Waals surface area contributed by atoms with E-state index in [4.69, 9.17) is 15.2 Å². The fourth-order valence-electron chi connectivity index (χ4n) is 1.64. The number of hydrogen-bond donors (Lipinski definition) is 1. The van der Waals surface area contributed by atoms with Crippen LogP contribution in [0.2, 0.25) is 0 Å². The van der Waals surface area contributed by atoms with E-state index in [9.17, 15) is 0 Å². The number of hydrogen-bond acceptors (Lipinski definition) is 6. The van der Waals surface area contributed by atoms with Crippen molar-refractivity contribution in [3.05, 3.63) is 24.3 Å². The molecule has 0 bridgehead atoms. The number of benzene rings is 1. The van der Waals surface area contributed by atoms with Crippen LogP contribution in [0.15, 0.2) is 24.3 Å². The van der Waals surface area contributed by atoms with Gasteiger partial charge in [-0.2, -0.15) is 0 Å². The monoisotopic (exact) mass is 263 g/mol. The summed E-state index contributed by atoms with van der Waals surface area (Å²) in [5, 5.41) is 11.6. The zero-order valence-electron chi connectivity index (χ0n) is 10.8. The molecule has 0 aliphatic rings. The molecule has 19 heavy (non-hydrogen) atoms. The molecule has 7 heteroatoms. The molecule has 1 aromatic heterocycles. The van der Waals surface area contributed by atoms with Gasteiger partial charge < -0.3 is 15.2 Å². The quantitative estimate of drug-likeness (QED) is 0.581. The fourth-order valence-corrected chi connectivity index (χ4v) is 1.64. The molecule has 1 heterocycles. The fraction of sp³-hybridized carbons (Fsp3) is 0.417. The van der Waals surface area contributed by atoms with Gasteiger partial charge in [0, 0.05) is 18.4 Å². The summed E-state index contributed by atoms with van der Waals surface area (Å²) in [6, 6.07) is 7.49. The Kier molecular flexibility index (Phi) is 4.82. The highest BCUT2D eigenvalue weighted by Gasteiger charge is 2.10. The number of rotatable bonds is 7. The first-order chi connectivity index (χ1) is 9.33. The van der Waals surface area contributed by atoms with Gasteiger partial charge in [-0.05, 0) is 22.6 Å². The van der Waals surface area contributed by atoms with E-state index < -0.39 is 0 Å². The highest BCUT2D eigenvalue weighted by atomic mass is 16.5. The Balaban J connectivity index is 2.00. The van der Waals surface area contributed by atoms with Crippen LogP contribution in [0.4, 0.5) is 5.69 Å². The summed E-state index contributed by atoms with van der Waals surface area (Å²) >= 11 is 0. The number of methoxy groups -OCH3 is 1. The van der Waals surface area contributed by atoms with Gasteiger partial charge in [0.25, 0.3) is 0 Å². The second-order valence-electron chi connectivity index (χ2n) is 3.92. The number of ether oxygens (including phenoxy) is 2. The molecule has 0 saturated carbocycles. The summed E-state index contributed by atoms with van der Waals surface area (Å²) in [6.45, 7) is 2.23. The van der Waals surface area contributed by atoms with Crippen LogP contribution >= 0.6 is 0 Å². The van der Waals surface area contributed by atoms with Gasteiger partial charge in [-0.1, -0.05) is 12.1 Å². The van der Waals surface area contributed by atoms with Crippen molar-refractivity contribution < 1.29 is 9.47 Å². The van der Waals surface area contributed by atoms with Gasteiger partial charge in [-0.15, -0.1) is 5.10 Å². The van der Waals surface area contributed by atoms with Gasteiger partial charge in [0.2, 0.25) is 0 Å². The molecule has 1 aromatic carbocycles. The molecule has 0 spiro atoms. The lowest BCUT2D eigenvalue weighted by Gasteiger charge is -2.07. The standard InChI is InChI=1S/C12H17N5O2/c1-18-8-9-19-7-6-17-12(14-15-16-17)10-4-2-3-5-11(10)13/h2-5H,6-9,13H2,1H3. The minimum Gasteiger partial charge on any atom is -0.398 e. The lowest BCUT2D eigenvalue weighted by Crippen LogP contribution is -2.11. The predicted molar refractivity (Wildman–Crippen MR) is 70.4 cm³/mol. The third-order valence-electron chi connectivity index (χ3n) is 2.61. The average molecular weight is 263 g/mol. The second-order valence-corrected chi connectivity index (χ2v) is 3.92. The molecule has 2 rings (SSSR count). The zero-order valence-corrected chi connectivity index (χ0v) is 10.8. The summed E-state index contributed by atoms with van der Waals surface area (Å²) in [5.74, 6) is 0.647. The SMILES string of the molecule is COCCOCCn1nnnc1-c1ccccc1N. The summed E-state index contributed by atoms with van der Waals surface area (Å²) in [5.41, 5.74) is 7.39. The van der Waals surface area contributed by atoms with Crippen LogP contribution in [0.3, 0.4) is 0 Å². The Labute approximate surface area is 111 Å². The van der Waals surface area contributed by atoms with Crippen molar-refractivity contribution in [1.29, 1.82) is 0 Å². The van der Waals surface area contributed by atoms with Crippen LogP contribution in [-0.4, -0.2) is 47.1 Å². The molecule has 2 aromatic rings. The number of para-hydroxylation sites is 1. The summed E-state index contributed by atoms with van der Waals surface area (Å²) in [4.78, 5) is 0. The molecule has 0 fully saturated rings. The van der Waals surface area contributed by atoms with E-state index in [1.54, 1.807) is 11.8 Å². The first-order valence-electron chi connectivity index (χ1n) is 6.00. The van der Waals surface area contributed by atoms with Crippen molar-refractivity contribution in [1.82, 2.24) is 20.2 Å². The Morgan fingerprint density at radius 2 is 2.05 bits per heavy atom. The normalized spacial score (nSPS) is 10.8. The maximum atomic E-state index is 5.92. The lowest BCUT2D eigenvalue weighted by molar-refractivity contribution is 0.0654. The van der Waals surface area contributed by atoms with E-state index in [1.807, 2.05) is 24.3 Å². The third kappa shape index (κ3) is 3.49. The van der Waals surface area contributed by atoms with Crippen LogP contribution in [0.25, 0.3) is 11.4 Å². The van der Waals surface area contributed by atoms with E-state index >= 15 is 0 Å². The van der Waals surface area contributed by atoms with E-state index in [0.717, 1.165) is 5.56 Å². The smallest absolute Gasteiger partial charge is 0.184 e. The highest BCUT2D eigenvalue weighted by Crippen LogP contribution is 2.22. The van der Waals surface area contributed by atoms with Crippen molar-refractivity contribution in [3.63, 3.8) is 0 Å². The number of nitrogens with two attached hydrogens (primary N) is 1. The number of tetrazole rings is 1. The van der Waals surface area contributed by atoms with E-state index in [0.29, 0.717) is 37.9 Å². The lowest BCUT2D eigenvalue weighted by atomic mass is 10.2. The average Bonchev–Trinajstić information content (AvgIpc) is 2.87. The van der Waals surface area contributed by atoms with Crippen molar-refractivity contribution in [2.75, 3.05) is 32.7 Å². The predicted octanol–water partition coefficient (Wildman–Crippen LogP) is 0.585. The van der Waals surface area contributed by atoms with Crippen LogP contribution in [0.5, 0.6) is 0 Å². The number of nitrogens with zero attached hydrogens (tertiary/aromatic N) is 4. The first kappa shape index (κ1) is 13.4. The molecule has 0 aliphatic heterocycles. The summed E-state index contributed by atoms with van der Waals surface area (Å²) in [7, 11) is 1.64. The van der Waals surface area contributed by atoms with Crippen LogP contribution < -0.4 is 5.73 Å². The van der Waals surface area contributed by atoms with Gasteiger partial charge >= 0.3 is 0 Å². The van der Waals surface area contributed by atoms with Crippen LogP contribution in [0, 0.1) is 0 Å². The molecule has 0 amide bonds. The molecule has 0 unspecified atom stereocenters. The maximum absolute atomic E-state index is 5.92. The topological polar surface area (TPSA) is 88.1 Å². The van der Waals surface area contributed by atoms with Crippen LogP contribution in [-0.2, 0) is 16.0 Å². The van der Waals surface area contributed by atoms with Gasteiger partial charge in [-0.3, -0.25) is 0 Å². The molecule has 102 valence electrons. The number of anilines is 1. The molecule has 0 saturated heterocycles. The van der Waals surface area contributed by atoms with Crippen molar-refractivity contribution in [2.24, 2.45) is 0 Å². The van der Waals surface area contributed by atoms with Gasteiger partial charge in [-0.25, -0.2) is 4.68 Å². The Bertz CT molecular complexity index is 514. The first-order valence-corrected chi connectivity index (χ1v) is 6.00. The van der Waals surface area contributed by atoms with Gasteiger partial charge in [0.1, 0.15) is 0 Å². The summed E-state index contributed by atoms with van der Waals surface area (Å²) in [6.07, 6.45) is 0. The minimum absolute atomic E-state index is 0.522. The Hall–Kier alpha value is -1.99. The largest absolute Gasteiger partial charge is 0.398 e. The van der Waals surface area contributed by atoms with Gasteiger partial charge in [0.05, 0.1) is 26.4 Å². The van der Waals surface area contributed by atoms with Crippen LogP contribution in [0.1, 0.15) is 0 Å². The van der Waals surface area contributed by atoms with E-state index in [1.165, 1.54) is 0 Å². The molecule has 2 N–H and O–H groups in total. The maximum Gasteiger partial charge on any atom is 0.184 e. The molecule has 0 aliphatic carbocycles. The summed E-state index contributed by atoms with van der Waals surface area (Å²) < 4.78 is 12.0. The van der Waals surface area contributed by atoms with Gasteiger partial charge in [0.15, 0.2) is 5.82 Å². The molecule has 7 nitrogen and oxygen atoms in total. The van der Waals surface area contributed by atoms with E-state index in [2.05, 4.69) is 15.5 Å². The Morgan fingerprint density at radius 1 is 1.21 bits per heavy atom. The number of nitrogen functional groups attached to an aromatic ring is 1. The van der Waals surface area contributed by atoms with E-state index in [-0.39, 0.29) is 0 Å². The zero-order chi connectivity index (χ0) is 13.5. The minimum atomic E-state index is 0.522. The Morgan fingerprint density at radius 3 is 2.84 bits per heavy atom.